The van der Waals surface area contributed by atoms with E-state index in [4.69, 9.17) is 0 Å². The molecule has 0 heterocycles. The zero-order valence-electron chi connectivity index (χ0n) is 7.15. The van der Waals surface area contributed by atoms with Gasteiger partial charge in [0.05, 0.1) is 5.56 Å². The van der Waals surface area contributed by atoms with Gasteiger partial charge < -0.3 is 0 Å². The molecule has 3 heteroatoms. The topological polar surface area (TPSA) is 0 Å². The third kappa shape index (κ3) is 1.91. The Bertz CT molecular complexity index is 323. The Labute approximate surface area is 74.7 Å². The lowest BCUT2D eigenvalue weighted by Crippen LogP contribution is -2.10. The fraction of sp³-hybridized carbons (Fsp3) is 0.200. The number of hydrogen-bond acceptors (Lipinski definition) is 0. The monoisotopic (exact) mass is 186 g/mol. The van der Waals surface area contributed by atoms with Crippen molar-refractivity contribution in [3.05, 3.63) is 41.7 Å². The van der Waals surface area contributed by atoms with Crippen LogP contribution in [0.1, 0.15) is 18.1 Å². The molecule has 0 aromatic heterocycles. The van der Waals surface area contributed by atoms with Gasteiger partial charge in [0.1, 0.15) is 5.82 Å². The highest BCUT2D eigenvalue weighted by Gasteiger charge is 2.28. The Balaban J connectivity index is 3.32. The van der Waals surface area contributed by atoms with Crippen molar-refractivity contribution in [2.24, 2.45) is 0 Å². The van der Waals surface area contributed by atoms with E-state index in [-0.39, 0.29) is 5.56 Å². The molecule has 0 atom stereocenters. The van der Waals surface area contributed by atoms with E-state index in [1.54, 1.807) is 0 Å². The summed E-state index contributed by atoms with van der Waals surface area (Å²) in [6.07, 6.45) is 1.21. The lowest BCUT2D eigenvalue weighted by atomic mass is 10.1. The average molecular weight is 186 g/mol. The molecule has 0 bridgehead atoms. The van der Waals surface area contributed by atoms with E-state index in [2.05, 4.69) is 6.58 Å². The predicted octanol–water partition coefficient (Wildman–Crippen LogP) is 3.58. The second-order valence-corrected chi connectivity index (χ2v) is 2.80. The fourth-order valence-electron chi connectivity index (χ4n) is 1.05. The van der Waals surface area contributed by atoms with Gasteiger partial charge in [-0.2, -0.15) is 0 Å². The first-order chi connectivity index (χ1) is 5.96. The van der Waals surface area contributed by atoms with Gasteiger partial charge in [0, 0.05) is 12.5 Å². The van der Waals surface area contributed by atoms with Gasteiger partial charge in [0.2, 0.25) is 0 Å². The van der Waals surface area contributed by atoms with Gasteiger partial charge in [0.15, 0.2) is 0 Å². The standard InChI is InChI=1S/C10H9F3/c1-3-7-5-4-6-8(9(7)11)10(2,12)13/h3-6H,1H2,2H3. The minimum Gasteiger partial charge on any atom is -0.206 e. The molecule has 0 aliphatic carbocycles. The number of rotatable bonds is 2. The Morgan fingerprint density at radius 1 is 1.38 bits per heavy atom. The van der Waals surface area contributed by atoms with E-state index in [0.717, 1.165) is 6.07 Å². The summed E-state index contributed by atoms with van der Waals surface area (Å²) in [5.74, 6) is -4.05. The van der Waals surface area contributed by atoms with Gasteiger partial charge in [-0.25, -0.2) is 13.2 Å². The third-order valence-corrected chi connectivity index (χ3v) is 1.72. The van der Waals surface area contributed by atoms with Crippen LogP contribution in [0.15, 0.2) is 24.8 Å². The Morgan fingerprint density at radius 2 is 2.00 bits per heavy atom. The van der Waals surface area contributed by atoms with Crippen LogP contribution in [0.5, 0.6) is 0 Å². The molecule has 70 valence electrons. The third-order valence-electron chi connectivity index (χ3n) is 1.72. The van der Waals surface area contributed by atoms with E-state index in [9.17, 15) is 13.2 Å². The molecule has 0 amide bonds. The van der Waals surface area contributed by atoms with Crippen LogP contribution in [0.3, 0.4) is 0 Å². The van der Waals surface area contributed by atoms with E-state index in [0.29, 0.717) is 6.92 Å². The van der Waals surface area contributed by atoms with Crippen LogP contribution >= 0.6 is 0 Å². The molecule has 1 aromatic rings. The van der Waals surface area contributed by atoms with Gasteiger partial charge in [-0.1, -0.05) is 30.9 Å². The number of benzene rings is 1. The summed E-state index contributed by atoms with van der Waals surface area (Å²) < 4.78 is 38.7. The molecule has 0 spiro atoms. The highest BCUT2D eigenvalue weighted by molar-refractivity contribution is 5.49. The molecular weight excluding hydrogens is 177 g/mol. The predicted molar refractivity (Wildman–Crippen MR) is 46.1 cm³/mol. The second kappa shape index (κ2) is 3.24. The summed E-state index contributed by atoms with van der Waals surface area (Å²) >= 11 is 0. The zero-order valence-corrected chi connectivity index (χ0v) is 7.15. The highest BCUT2D eigenvalue weighted by atomic mass is 19.3. The SMILES string of the molecule is C=Cc1cccc(C(C)(F)F)c1F. The van der Waals surface area contributed by atoms with Crippen LogP contribution in [0, 0.1) is 5.82 Å². The Hall–Kier alpha value is -1.25. The van der Waals surface area contributed by atoms with Crippen LogP contribution in [0.2, 0.25) is 0 Å². The molecule has 0 unspecified atom stereocenters. The van der Waals surface area contributed by atoms with Crippen molar-refractivity contribution >= 4 is 6.08 Å². The molecule has 0 saturated heterocycles. The number of hydrogen-bond donors (Lipinski definition) is 0. The van der Waals surface area contributed by atoms with Gasteiger partial charge >= 0.3 is 0 Å². The van der Waals surface area contributed by atoms with Crippen molar-refractivity contribution in [1.82, 2.24) is 0 Å². The first kappa shape index (κ1) is 9.84. The van der Waals surface area contributed by atoms with Crippen LogP contribution < -0.4 is 0 Å². The van der Waals surface area contributed by atoms with Crippen molar-refractivity contribution < 1.29 is 13.2 Å². The molecule has 0 N–H and O–H groups in total. The van der Waals surface area contributed by atoms with Crippen LogP contribution in [0.4, 0.5) is 13.2 Å². The summed E-state index contributed by atoms with van der Waals surface area (Å²) in [7, 11) is 0. The molecule has 0 saturated carbocycles. The maximum Gasteiger partial charge on any atom is 0.273 e. The quantitative estimate of drug-likeness (QED) is 0.662. The maximum atomic E-state index is 13.2. The van der Waals surface area contributed by atoms with Gasteiger partial charge in [-0.3, -0.25) is 0 Å². The zero-order chi connectivity index (χ0) is 10.1. The summed E-state index contributed by atoms with van der Waals surface area (Å²) in [5, 5.41) is 0. The Kier molecular flexibility index (Phi) is 2.45. The molecule has 0 fully saturated rings. The lowest BCUT2D eigenvalue weighted by molar-refractivity contribution is 0.0137. The van der Waals surface area contributed by atoms with E-state index < -0.39 is 17.3 Å². The first-order valence-corrected chi connectivity index (χ1v) is 3.76. The van der Waals surface area contributed by atoms with E-state index in [1.807, 2.05) is 0 Å². The molecule has 0 nitrogen and oxygen atoms in total. The van der Waals surface area contributed by atoms with Crippen LogP contribution in [-0.2, 0) is 5.92 Å². The van der Waals surface area contributed by atoms with Crippen molar-refractivity contribution in [2.75, 3.05) is 0 Å². The van der Waals surface area contributed by atoms with Crippen molar-refractivity contribution in [3.8, 4) is 0 Å². The van der Waals surface area contributed by atoms with Crippen LogP contribution in [0.25, 0.3) is 6.08 Å². The molecule has 0 radical (unpaired) electrons. The maximum absolute atomic E-state index is 13.2. The lowest BCUT2D eigenvalue weighted by Gasteiger charge is -2.12. The fourth-order valence-corrected chi connectivity index (χ4v) is 1.05. The summed E-state index contributed by atoms with van der Waals surface area (Å²) in [5.41, 5.74) is -0.496. The van der Waals surface area contributed by atoms with Gasteiger partial charge in [-0.15, -0.1) is 0 Å². The van der Waals surface area contributed by atoms with Crippen molar-refractivity contribution in [1.29, 1.82) is 0 Å². The first-order valence-electron chi connectivity index (χ1n) is 3.76. The molecule has 1 rings (SSSR count). The molecule has 0 aliphatic rings. The summed E-state index contributed by atoms with van der Waals surface area (Å²) in [6, 6.07) is 3.85. The summed E-state index contributed by atoms with van der Waals surface area (Å²) in [6.45, 7) is 3.99. The molecule has 13 heavy (non-hydrogen) atoms. The Morgan fingerprint density at radius 3 is 2.46 bits per heavy atom. The van der Waals surface area contributed by atoms with Crippen molar-refractivity contribution in [2.45, 2.75) is 12.8 Å². The van der Waals surface area contributed by atoms with E-state index >= 15 is 0 Å². The summed E-state index contributed by atoms with van der Waals surface area (Å²) in [4.78, 5) is 0. The molecular formula is C10H9F3. The highest BCUT2D eigenvalue weighted by Crippen LogP contribution is 2.30. The number of alkyl halides is 2. The smallest absolute Gasteiger partial charge is 0.206 e. The average Bonchev–Trinajstić information content (AvgIpc) is 2.02. The minimum atomic E-state index is -3.15. The van der Waals surface area contributed by atoms with Gasteiger partial charge in [0.25, 0.3) is 5.92 Å². The second-order valence-electron chi connectivity index (χ2n) is 2.80. The number of halogens is 3. The van der Waals surface area contributed by atoms with E-state index in [1.165, 1.54) is 18.2 Å². The van der Waals surface area contributed by atoms with Crippen LogP contribution in [-0.4, -0.2) is 0 Å². The van der Waals surface area contributed by atoms with Gasteiger partial charge in [-0.05, 0) is 0 Å². The van der Waals surface area contributed by atoms with Crippen molar-refractivity contribution in [3.63, 3.8) is 0 Å². The largest absolute Gasteiger partial charge is 0.273 e. The molecule has 1 aromatic carbocycles. The normalized spacial score (nSPS) is 11.4. The minimum absolute atomic E-state index is 0.0963. The molecule has 0 aliphatic heterocycles.